The van der Waals surface area contributed by atoms with Crippen molar-refractivity contribution < 1.29 is 30.8 Å². The van der Waals surface area contributed by atoms with Crippen LogP contribution in [0.1, 0.15) is 12.8 Å². The number of aliphatic carboxylic acids is 2. The maximum absolute atomic E-state index is 9.99. The van der Waals surface area contributed by atoms with Crippen molar-refractivity contribution in [3.8, 4) is 0 Å². The summed E-state index contributed by atoms with van der Waals surface area (Å²) < 4.78 is 0. The molecule has 0 fully saturated rings. The third-order valence-corrected chi connectivity index (χ3v) is 0.986. The zero-order chi connectivity index (χ0) is 8.15. The van der Waals surface area contributed by atoms with Gasteiger partial charge >= 0.3 is 22.1 Å². The first-order chi connectivity index (χ1) is 4.54. The minimum atomic E-state index is -1.17. The van der Waals surface area contributed by atoms with Gasteiger partial charge in [0.15, 0.2) is 0 Å². The van der Waals surface area contributed by atoms with Crippen LogP contribution in [0.5, 0.6) is 0 Å². The van der Waals surface area contributed by atoms with Gasteiger partial charge in [0.1, 0.15) is 6.04 Å². The van der Waals surface area contributed by atoms with Crippen molar-refractivity contribution in [1.29, 1.82) is 0 Å². The Morgan fingerprint density at radius 1 is 1.23 bits per heavy atom. The zero-order valence-electron chi connectivity index (χ0n) is 6.28. The molecule has 0 aliphatic carbocycles. The molecule has 8 heteroatoms. The summed E-state index contributed by atoms with van der Waals surface area (Å²) in [6.45, 7) is 0. The van der Waals surface area contributed by atoms with Crippen molar-refractivity contribution in [3.63, 3.8) is 0 Å². The predicted molar refractivity (Wildman–Crippen MR) is 48.3 cm³/mol. The Bertz CT molecular complexity index is 152. The third kappa shape index (κ3) is 13.9. The summed E-state index contributed by atoms with van der Waals surface area (Å²) in [5.74, 6) is -2.20. The number of rotatable bonds is 4. The Morgan fingerprint density at radius 3 is 1.85 bits per heavy atom. The van der Waals surface area contributed by atoms with E-state index in [1.54, 1.807) is 0 Å². The molecule has 0 saturated heterocycles. The van der Waals surface area contributed by atoms with Crippen LogP contribution in [0.4, 0.5) is 0 Å². The second kappa shape index (κ2) is 11.0. The number of hydrogen-bond donors (Lipinski definition) is 3. The van der Waals surface area contributed by atoms with Crippen molar-refractivity contribution in [3.05, 3.63) is 0 Å². The first-order valence-corrected chi connectivity index (χ1v) is 2.74. The molecule has 0 aromatic rings. The van der Waals surface area contributed by atoms with Crippen LogP contribution >= 0.6 is 0 Å². The van der Waals surface area contributed by atoms with Gasteiger partial charge < -0.3 is 26.9 Å². The predicted octanol–water partition coefficient (Wildman–Crippen LogP) is -3.30. The normalized spacial score (nSPS) is 9.62. The van der Waals surface area contributed by atoms with Crippen LogP contribution in [0.15, 0.2) is 0 Å². The number of nitrogens with two attached hydrogens (primary N) is 1. The van der Waals surface area contributed by atoms with E-state index in [0.29, 0.717) is 0 Å². The van der Waals surface area contributed by atoms with Gasteiger partial charge in [0.05, 0.1) is 0 Å². The molecule has 0 radical (unpaired) electrons. The maximum atomic E-state index is 9.99. The van der Waals surface area contributed by atoms with Gasteiger partial charge in [-0.15, -0.1) is 0 Å². The van der Waals surface area contributed by atoms with Crippen LogP contribution in [0.3, 0.4) is 0 Å². The Kier molecular flexibility index (Phi) is 19.2. The summed E-state index contributed by atoms with van der Waals surface area (Å²) >= 11 is 0. The monoisotopic (exact) mass is 194 g/mol. The van der Waals surface area contributed by atoms with Gasteiger partial charge in [0.25, 0.3) is 0 Å². The SMILES string of the molecule is N[C@H](CCC(=O)O)C(=O)O.O.O.[BeH2]. The van der Waals surface area contributed by atoms with Crippen molar-refractivity contribution in [2.75, 3.05) is 0 Å². The van der Waals surface area contributed by atoms with E-state index in [0.717, 1.165) is 0 Å². The van der Waals surface area contributed by atoms with E-state index in [2.05, 4.69) is 0 Å². The second-order valence-electron chi connectivity index (χ2n) is 1.88. The van der Waals surface area contributed by atoms with Crippen molar-refractivity contribution in [2.45, 2.75) is 18.9 Å². The number of carbonyl (C=O) groups is 2. The summed E-state index contributed by atoms with van der Waals surface area (Å²) in [6.07, 6.45) is -0.224. The molecule has 0 aromatic heterocycles. The van der Waals surface area contributed by atoms with E-state index in [-0.39, 0.29) is 33.9 Å². The van der Waals surface area contributed by atoms with E-state index in [4.69, 9.17) is 15.9 Å². The quantitative estimate of drug-likeness (QED) is 0.398. The van der Waals surface area contributed by atoms with Gasteiger partial charge in [-0.2, -0.15) is 0 Å². The van der Waals surface area contributed by atoms with E-state index in [1.807, 2.05) is 0 Å². The zero-order valence-corrected chi connectivity index (χ0v) is 6.28. The molecule has 0 aromatic carbocycles. The molecule has 0 bridgehead atoms. The van der Waals surface area contributed by atoms with Gasteiger partial charge in [-0.05, 0) is 6.42 Å². The van der Waals surface area contributed by atoms with Crippen LogP contribution in [-0.2, 0) is 9.59 Å². The first kappa shape index (κ1) is 22.7. The molecule has 0 saturated carbocycles. The molecule has 1 atom stereocenters. The molecule has 8 N–H and O–H groups in total. The Hall–Kier alpha value is -1.01. The first-order valence-electron chi connectivity index (χ1n) is 2.74. The average molecular weight is 194 g/mol. The fourth-order valence-corrected chi connectivity index (χ4v) is 0.402. The van der Waals surface area contributed by atoms with Crippen LogP contribution in [0, 0.1) is 0 Å². The number of carboxylic acids is 2. The van der Waals surface area contributed by atoms with E-state index in [1.165, 1.54) is 0 Å². The summed E-state index contributed by atoms with van der Waals surface area (Å²) in [6, 6.07) is -1.06. The fraction of sp³-hybridized carbons (Fsp3) is 0.600. The molecule has 78 valence electrons. The van der Waals surface area contributed by atoms with Gasteiger partial charge in [-0.3, -0.25) is 9.59 Å². The number of carboxylic acid groups (broad SMARTS) is 2. The van der Waals surface area contributed by atoms with Crippen LogP contribution in [0.2, 0.25) is 0 Å². The van der Waals surface area contributed by atoms with Gasteiger partial charge in [-0.1, -0.05) is 0 Å². The molecule has 0 amide bonds. The summed E-state index contributed by atoms with van der Waals surface area (Å²) in [4.78, 5) is 19.9. The molecule has 0 aliphatic rings. The van der Waals surface area contributed by atoms with E-state index >= 15 is 0 Å². The Labute approximate surface area is 78.4 Å². The molecule has 0 heterocycles. The van der Waals surface area contributed by atoms with Crippen molar-refractivity contribution >= 4 is 22.1 Å². The second-order valence-corrected chi connectivity index (χ2v) is 1.88. The van der Waals surface area contributed by atoms with Crippen LogP contribution < -0.4 is 5.73 Å². The molecule has 0 rings (SSSR count). The molecule has 7 nitrogen and oxygen atoms in total. The van der Waals surface area contributed by atoms with E-state index < -0.39 is 18.0 Å². The number of hydrogen-bond acceptors (Lipinski definition) is 3. The van der Waals surface area contributed by atoms with E-state index in [9.17, 15) is 9.59 Å². The molecular formula is C5H15BeNO6. The average Bonchev–Trinajstić information content (AvgIpc) is 1.82. The Morgan fingerprint density at radius 2 is 1.62 bits per heavy atom. The summed E-state index contributed by atoms with van der Waals surface area (Å²) in [7, 11) is 0. The molecule has 0 spiro atoms. The molecule has 0 unspecified atom stereocenters. The molecule has 13 heavy (non-hydrogen) atoms. The van der Waals surface area contributed by atoms with Gasteiger partial charge in [-0.25, -0.2) is 0 Å². The molecular weight excluding hydrogens is 179 g/mol. The minimum absolute atomic E-state index is 0. The van der Waals surface area contributed by atoms with Gasteiger partial charge in [0, 0.05) is 6.42 Å². The third-order valence-electron chi connectivity index (χ3n) is 0.986. The summed E-state index contributed by atoms with van der Waals surface area (Å²) in [5.41, 5.74) is 5.00. The topological polar surface area (TPSA) is 164 Å². The van der Waals surface area contributed by atoms with Crippen molar-refractivity contribution in [1.82, 2.24) is 0 Å². The Balaban J connectivity index is -0.000000135. The fourth-order valence-electron chi connectivity index (χ4n) is 0.402. The van der Waals surface area contributed by atoms with Crippen molar-refractivity contribution in [2.24, 2.45) is 5.73 Å². The van der Waals surface area contributed by atoms with Crippen LogP contribution in [0.25, 0.3) is 0 Å². The van der Waals surface area contributed by atoms with Crippen LogP contribution in [-0.4, -0.2) is 49.3 Å². The van der Waals surface area contributed by atoms with Gasteiger partial charge in [0.2, 0.25) is 0 Å². The standard InChI is InChI=1S/C5H9NO4.Be.2H2O.2H/c6-3(5(9)10)1-2-4(7)8;;;;;/h3H,1-2,6H2,(H,7,8)(H,9,10);;2*1H2;;/t3-;;;;;/m1...../s1. The summed E-state index contributed by atoms with van der Waals surface area (Å²) in [5, 5.41) is 16.3. The molecule has 0 aliphatic heterocycles.